The first-order chi connectivity index (χ1) is 13.0. The SMILES string of the molecule is CCCCCCCn1c(=O)c(C(=O)NN=C(C)CC)c(O)c2ccccc21. The molecule has 0 bridgehead atoms. The number of hydrogen-bond donors (Lipinski definition) is 2. The second kappa shape index (κ2) is 9.90. The first-order valence-electron chi connectivity index (χ1n) is 9.69. The Labute approximate surface area is 159 Å². The van der Waals surface area contributed by atoms with Crippen LogP contribution in [0.25, 0.3) is 10.9 Å². The molecular weight excluding hydrogens is 342 g/mol. The number of rotatable bonds is 9. The van der Waals surface area contributed by atoms with Crippen LogP contribution in [0.4, 0.5) is 0 Å². The predicted octanol–water partition coefficient (Wildman–Crippen LogP) is 4.19. The summed E-state index contributed by atoms with van der Waals surface area (Å²) in [5, 5.41) is 15.0. The highest BCUT2D eigenvalue weighted by molar-refractivity contribution is 6.02. The zero-order chi connectivity index (χ0) is 19.8. The highest BCUT2D eigenvalue weighted by Crippen LogP contribution is 2.26. The van der Waals surface area contributed by atoms with Gasteiger partial charge in [-0.05, 0) is 31.9 Å². The van der Waals surface area contributed by atoms with Gasteiger partial charge in [0, 0.05) is 17.6 Å². The molecule has 27 heavy (non-hydrogen) atoms. The summed E-state index contributed by atoms with van der Waals surface area (Å²) >= 11 is 0. The lowest BCUT2D eigenvalue weighted by atomic mass is 10.1. The lowest BCUT2D eigenvalue weighted by Crippen LogP contribution is -2.32. The van der Waals surface area contributed by atoms with E-state index in [1.807, 2.05) is 13.0 Å². The largest absolute Gasteiger partial charge is 0.506 e. The van der Waals surface area contributed by atoms with Crippen LogP contribution in [-0.4, -0.2) is 21.3 Å². The van der Waals surface area contributed by atoms with E-state index in [-0.39, 0.29) is 11.3 Å². The first kappa shape index (κ1) is 20.7. The van der Waals surface area contributed by atoms with Gasteiger partial charge >= 0.3 is 0 Å². The van der Waals surface area contributed by atoms with Crippen molar-refractivity contribution in [2.45, 2.75) is 65.8 Å². The minimum atomic E-state index is -0.684. The van der Waals surface area contributed by atoms with Gasteiger partial charge in [-0.2, -0.15) is 5.10 Å². The monoisotopic (exact) mass is 371 g/mol. The van der Waals surface area contributed by atoms with E-state index in [2.05, 4.69) is 17.5 Å². The lowest BCUT2D eigenvalue weighted by molar-refractivity contribution is 0.0950. The van der Waals surface area contributed by atoms with Gasteiger partial charge in [0.05, 0.1) is 5.52 Å². The first-order valence-corrected chi connectivity index (χ1v) is 9.69. The van der Waals surface area contributed by atoms with Gasteiger partial charge < -0.3 is 9.67 Å². The number of amides is 1. The third-order valence-electron chi connectivity index (χ3n) is 4.72. The van der Waals surface area contributed by atoms with Crippen LogP contribution < -0.4 is 11.0 Å². The molecule has 0 radical (unpaired) electrons. The number of nitrogens with zero attached hydrogens (tertiary/aromatic N) is 2. The van der Waals surface area contributed by atoms with Gasteiger partial charge in [-0.3, -0.25) is 9.59 Å². The fourth-order valence-corrected chi connectivity index (χ4v) is 2.97. The molecule has 0 aliphatic rings. The number of hydrazone groups is 1. The third-order valence-corrected chi connectivity index (χ3v) is 4.72. The fraction of sp³-hybridized carbons (Fsp3) is 0.476. The van der Waals surface area contributed by atoms with Gasteiger partial charge in [0.15, 0.2) is 0 Å². The molecule has 6 nitrogen and oxygen atoms in total. The summed E-state index contributed by atoms with van der Waals surface area (Å²) in [5.74, 6) is -0.976. The third kappa shape index (κ3) is 4.96. The molecule has 0 saturated carbocycles. The number of hydrogen-bond acceptors (Lipinski definition) is 4. The molecule has 146 valence electrons. The molecule has 1 aromatic carbocycles. The van der Waals surface area contributed by atoms with Crippen LogP contribution in [-0.2, 0) is 6.54 Å². The number of nitrogens with one attached hydrogen (secondary N) is 1. The van der Waals surface area contributed by atoms with Crippen molar-refractivity contribution in [1.82, 2.24) is 9.99 Å². The van der Waals surface area contributed by atoms with Crippen LogP contribution in [0.3, 0.4) is 0 Å². The fourth-order valence-electron chi connectivity index (χ4n) is 2.97. The van der Waals surface area contributed by atoms with E-state index in [4.69, 9.17) is 0 Å². The highest BCUT2D eigenvalue weighted by Gasteiger charge is 2.21. The molecule has 0 aliphatic heterocycles. The van der Waals surface area contributed by atoms with Gasteiger partial charge in [-0.25, -0.2) is 5.43 Å². The minimum Gasteiger partial charge on any atom is -0.506 e. The number of carbonyl (C=O) groups is 1. The number of benzene rings is 1. The van der Waals surface area contributed by atoms with Crippen molar-refractivity contribution in [2.75, 3.05) is 0 Å². The van der Waals surface area contributed by atoms with Crippen molar-refractivity contribution in [2.24, 2.45) is 5.10 Å². The predicted molar refractivity (Wildman–Crippen MR) is 109 cm³/mol. The van der Waals surface area contributed by atoms with Gasteiger partial charge in [-0.15, -0.1) is 0 Å². The summed E-state index contributed by atoms with van der Waals surface area (Å²) in [6.45, 7) is 6.38. The standard InChI is InChI=1S/C21H29N3O3/c1-4-6-7-8-11-14-24-17-13-10-9-12-16(17)19(25)18(21(24)27)20(26)23-22-15(3)5-2/h9-10,12-13,25H,4-8,11,14H2,1-3H3,(H,23,26). The molecule has 1 heterocycles. The summed E-state index contributed by atoms with van der Waals surface area (Å²) in [5.41, 5.74) is 3.02. The normalized spacial score (nSPS) is 11.7. The lowest BCUT2D eigenvalue weighted by Gasteiger charge is -2.14. The van der Waals surface area contributed by atoms with Crippen LogP contribution in [0.5, 0.6) is 5.75 Å². The van der Waals surface area contributed by atoms with Gasteiger partial charge in [0.1, 0.15) is 11.3 Å². The van der Waals surface area contributed by atoms with Crippen LogP contribution in [0.1, 0.15) is 69.7 Å². The van der Waals surface area contributed by atoms with Crippen molar-refractivity contribution in [1.29, 1.82) is 0 Å². The van der Waals surface area contributed by atoms with E-state index in [1.54, 1.807) is 29.7 Å². The minimum absolute atomic E-state index is 0.255. The Morgan fingerprint density at radius 3 is 2.56 bits per heavy atom. The summed E-state index contributed by atoms with van der Waals surface area (Å²) in [7, 11) is 0. The summed E-state index contributed by atoms with van der Waals surface area (Å²) in [6, 6.07) is 7.11. The molecule has 0 atom stereocenters. The summed E-state index contributed by atoms with van der Waals surface area (Å²) in [6.07, 6.45) is 6.02. The van der Waals surface area contributed by atoms with Crippen LogP contribution >= 0.6 is 0 Å². The molecule has 2 aromatic rings. The molecule has 0 unspecified atom stereocenters. The maximum atomic E-state index is 13.0. The van der Waals surface area contributed by atoms with Crippen LogP contribution in [0.2, 0.25) is 0 Å². The molecular formula is C21H29N3O3. The molecule has 1 aromatic heterocycles. The number of aromatic nitrogens is 1. The number of aryl methyl sites for hydroxylation is 1. The van der Waals surface area contributed by atoms with E-state index in [0.717, 1.165) is 31.4 Å². The second-order valence-electron chi connectivity index (χ2n) is 6.75. The summed E-state index contributed by atoms with van der Waals surface area (Å²) < 4.78 is 1.59. The van der Waals surface area contributed by atoms with Crippen LogP contribution in [0, 0.1) is 0 Å². The average molecular weight is 371 g/mol. The Balaban J connectivity index is 2.42. The Hall–Kier alpha value is -2.63. The molecule has 0 spiro atoms. The number of aromatic hydroxyl groups is 1. The maximum Gasteiger partial charge on any atom is 0.280 e. The van der Waals surface area contributed by atoms with Crippen molar-refractivity contribution in [3.63, 3.8) is 0 Å². The zero-order valence-electron chi connectivity index (χ0n) is 16.4. The van der Waals surface area contributed by atoms with Gasteiger partial charge in [0.25, 0.3) is 11.5 Å². The Kier molecular flexibility index (Phi) is 7.58. The average Bonchev–Trinajstić information content (AvgIpc) is 2.68. The zero-order valence-corrected chi connectivity index (χ0v) is 16.4. The molecule has 2 rings (SSSR count). The van der Waals surface area contributed by atoms with Crippen LogP contribution in [0.15, 0.2) is 34.2 Å². The van der Waals surface area contributed by atoms with E-state index >= 15 is 0 Å². The van der Waals surface area contributed by atoms with E-state index in [0.29, 0.717) is 23.9 Å². The second-order valence-corrected chi connectivity index (χ2v) is 6.75. The van der Waals surface area contributed by atoms with Gasteiger partial charge in [0.2, 0.25) is 0 Å². The van der Waals surface area contributed by atoms with Crippen molar-refractivity contribution in [3.8, 4) is 5.75 Å². The molecule has 0 saturated heterocycles. The van der Waals surface area contributed by atoms with E-state index in [9.17, 15) is 14.7 Å². The van der Waals surface area contributed by atoms with Crippen molar-refractivity contribution in [3.05, 3.63) is 40.2 Å². The quantitative estimate of drug-likeness (QED) is 0.394. The smallest absolute Gasteiger partial charge is 0.280 e. The number of unbranched alkanes of at least 4 members (excludes halogenated alkanes) is 4. The van der Waals surface area contributed by atoms with Gasteiger partial charge in [-0.1, -0.05) is 51.7 Å². The Morgan fingerprint density at radius 2 is 1.85 bits per heavy atom. The molecule has 0 fully saturated rings. The Bertz CT molecular complexity index is 884. The van der Waals surface area contributed by atoms with Crippen molar-refractivity contribution < 1.29 is 9.90 Å². The summed E-state index contributed by atoms with van der Waals surface area (Å²) in [4.78, 5) is 25.5. The number of carbonyl (C=O) groups excluding carboxylic acids is 1. The van der Waals surface area contributed by atoms with Crippen molar-refractivity contribution >= 4 is 22.5 Å². The number of pyridine rings is 1. The molecule has 6 heteroatoms. The maximum absolute atomic E-state index is 13.0. The Morgan fingerprint density at radius 1 is 1.15 bits per heavy atom. The number of para-hydroxylation sites is 1. The van der Waals surface area contributed by atoms with E-state index in [1.165, 1.54) is 6.42 Å². The number of fused-ring (bicyclic) bond motifs is 1. The topological polar surface area (TPSA) is 83.7 Å². The molecule has 1 amide bonds. The highest BCUT2D eigenvalue weighted by atomic mass is 16.3. The molecule has 2 N–H and O–H groups in total. The molecule has 0 aliphatic carbocycles. The van der Waals surface area contributed by atoms with E-state index < -0.39 is 11.5 Å².